The van der Waals surface area contributed by atoms with Crippen LogP contribution >= 0.6 is 27.5 Å². The standard InChI is InChI=1S/C17H20BrClN2/c1-12(20-2)16-9-8-15(10-17(16)19)21(3)11-13-4-6-14(18)7-5-13/h4-10,12,20H,11H2,1-3H3. The van der Waals surface area contributed by atoms with Crippen molar-refractivity contribution >= 4 is 33.2 Å². The number of rotatable bonds is 5. The second-order valence-corrected chi connectivity index (χ2v) is 6.52. The van der Waals surface area contributed by atoms with Crippen LogP contribution in [0.4, 0.5) is 5.69 Å². The summed E-state index contributed by atoms with van der Waals surface area (Å²) in [5.41, 5.74) is 3.51. The Kier molecular flexibility index (Phi) is 5.68. The molecule has 0 bridgehead atoms. The first kappa shape index (κ1) is 16.3. The highest BCUT2D eigenvalue weighted by molar-refractivity contribution is 9.10. The van der Waals surface area contributed by atoms with Gasteiger partial charge in [0.1, 0.15) is 0 Å². The van der Waals surface area contributed by atoms with Crippen LogP contribution in [0.5, 0.6) is 0 Å². The van der Waals surface area contributed by atoms with Crippen LogP contribution in [-0.2, 0) is 6.54 Å². The monoisotopic (exact) mass is 366 g/mol. The Morgan fingerprint density at radius 3 is 2.43 bits per heavy atom. The largest absolute Gasteiger partial charge is 0.370 e. The lowest BCUT2D eigenvalue weighted by atomic mass is 10.1. The van der Waals surface area contributed by atoms with Gasteiger partial charge in [-0.3, -0.25) is 0 Å². The summed E-state index contributed by atoms with van der Waals surface area (Å²) in [4.78, 5) is 2.20. The summed E-state index contributed by atoms with van der Waals surface area (Å²) >= 11 is 9.86. The molecule has 0 aliphatic carbocycles. The number of halogens is 2. The molecule has 0 aromatic heterocycles. The average molecular weight is 368 g/mol. The van der Waals surface area contributed by atoms with Crippen molar-refractivity contribution in [3.63, 3.8) is 0 Å². The predicted molar refractivity (Wildman–Crippen MR) is 95.2 cm³/mol. The SMILES string of the molecule is CNC(C)c1ccc(N(C)Cc2ccc(Br)cc2)cc1Cl. The number of hydrogen-bond acceptors (Lipinski definition) is 2. The Morgan fingerprint density at radius 2 is 1.86 bits per heavy atom. The van der Waals surface area contributed by atoms with Gasteiger partial charge >= 0.3 is 0 Å². The second kappa shape index (κ2) is 7.30. The number of nitrogens with one attached hydrogen (secondary N) is 1. The van der Waals surface area contributed by atoms with Crippen LogP contribution in [0.2, 0.25) is 5.02 Å². The van der Waals surface area contributed by atoms with E-state index in [1.807, 2.05) is 13.1 Å². The van der Waals surface area contributed by atoms with Crippen LogP contribution in [0, 0.1) is 0 Å². The molecule has 0 aliphatic heterocycles. The summed E-state index contributed by atoms with van der Waals surface area (Å²) < 4.78 is 1.10. The van der Waals surface area contributed by atoms with Gasteiger partial charge in [-0.1, -0.05) is 45.7 Å². The van der Waals surface area contributed by atoms with E-state index in [0.717, 1.165) is 27.3 Å². The van der Waals surface area contributed by atoms with Gasteiger partial charge in [0.05, 0.1) is 0 Å². The molecule has 2 aromatic carbocycles. The van der Waals surface area contributed by atoms with Gasteiger partial charge in [-0.05, 0) is 49.4 Å². The highest BCUT2D eigenvalue weighted by atomic mass is 79.9. The Labute approximate surface area is 140 Å². The van der Waals surface area contributed by atoms with Crippen LogP contribution in [0.15, 0.2) is 46.9 Å². The highest BCUT2D eigenvalue weighted by Crippen LogP contribution is 2.28. The van der Waals surface area contributed by atoms with Crippen molar-refractivity contribution in [3.8, 4) is 0 Å². The lowest BCUT2D eigenvalue weighted by Crippen LogP contribution is -2.17. The summed E-state index contributed by atoms with van der Waals surface area (Å²) in [6.45, 7) is 2.96. The molecule has 2 aromatic rings. The maximum absolute atomic E-state index is 6.40. The zero-order valence-corrected chi connectivity index (χ0v) is 14.9. The smallest absolute Gasteiger partial charge is 0.0474 e. The van der Waals surface area contributed by atoms with Gasteiger partial charge in [0.15, 0.2) is 0 Å². The zero-order valence-electron chi connectivity index (χ0n) is 12.5. The minimum absolute atomic E-state index is 0.253. The molecule has 1 atom stereocenters. The van der Waals surface area contributed by atoms with Crippen molar-refractivity contribution in [2.75, 3.05) is 19.0 Å². The molecule has 0 amide bonds. The Hall–Kier alpha value is -1.03. The Morgan fingerprint density at radius 1 is 1.19 bits per heavy atom. The molecule has 4 heteroatoms. The molecule has 2 rings (SSSR count). The van der Waals surface area contributed by atoms with E-state index >= 15 is 0 Å². The molecule has 2 nitrogen and oxygen atoms in total. The van der Waals surface area contributed by atoms with Crippen LogP contribution in [0.1, 0.15) is 24.1 Å². The van der Waals surface area contributed by atoms with E-state index in [1.54, 1.807) is 0 Å². The summed E-state index contributed by atoms with van der Waals surface area (Å²) in [5, 5.41) is 4.02. The summed E-state index contributed by atoms with van der Waals surface area (Å²) in [7, 11) is 4.02. The van der Waals surface area contributed by atoms with Crippen molar-refractivity contribution in [2.45, 2.75) is 19.5 Å². The molecule has 1 unspecified atom stereocenters. The first-order valence-electron chi connectivity index (χ1n) is 6.93. The van der Waals surface area contributed by atoms with Crippen molar-refractivity contribution < 1.29 is 0 Å². The van der Waals surface area contributed by atoms with Crippen molar-refractivity contribution in [2.24, 2.45) is 0 Å². The number of hydrogen-bond donors (Lipinski definition) is 1. The van der Waals surface area contributed by atoms with E-state index in [9.17, 15) is 0 Å². The number of anilines is 1. The number of benzene rings is 2. The highest BCUT2D eigenvalue weighted by Gasteiger charge is 2.10. The Bertz CT molecular complexity index is 598. The van der Waals surface area contributed by atoms with Crippen molar-refractivity contribution in [1.29, 1.82) is 0 Å². The number of nitrogens with zero attached hydrogens (tertiary/aromatic N) is 1. The quantitative estimate of drug-likeness (QED) is 0.798. The van der Waals surface area contributed by atoms with E-state index in [0.29, 0.717) is 0 Å². The van der Waals surface area contributed by atoms with E-state index in [1.165, 1.54) is 5.56 Å². The van der Waals surface area contributed by atoms with E-state index in [4.69, 9.17) is 11.6 Å². The van der Waals surface area contributed by atoms with Gasteiger partial charge in [-0.2, -0.15) is 0 Å². The van der Waals surface area contributed by atoms with Gasteiger partial charge in [0.2, 0.25) is 0 Å². The van der Waals surface area contributed by atoms with Crippen molar-refractivity contribution in [3.05, 3.63) is 63.1 Å². The van der Waals surface area contributed by atoms with Crippen LogP contribution in [-0.4, -0.2) is 14.1 Å². The first-order chi connectivity index (χ1) is 10.0. The van der Waals surface area contributed by atoms with Gasteiger partial charge in [0.25, 0.3) is 0 Å². The molecule has 0 radical (unpaired) electrons. The zero-order chi connectivity index (χ0) is 15.4. The van der Waals surface area contributed by atoms with Crippen LogP contribution in [0.25, 0.3) is 0 Å². The predicted octanol–water partition coefficient (Wildman–Crippen LogP) is 5.02. The minimum atomic E-state index is 0.253. The average Bonchev–Trinajstić information content (AvgIpc) is 2.48. The van der Waals surface area contributed by atoms with Gasteiger partial charge in [-0.15, -0.1) is 0 Å². The molecular formula is C17H20BrClN2. The summed E-state index contributed by atoms with van der Waals surface area (Å²) in [5.74, 6) is 0. The fraction of sp³-hybridized carbons (Fsp3) is 0.294. The third-order valence-corrected chi connectivity index (χ3v) is 4.51. The molecule has 0 saturated heterocycles. The third kappa shape index (κ3) is 4.22. The van der Waals surface area contributed by atoms with Gasteiger partial charge < -0.3 is 10.2 Å². The first-order valence-corrected chi connectivity index (χ1v) is 8.10. The lowest BCUT2D eigenvalue weighted by Gasteiger charge is -2.21. The maximum Gasteiger partial charge on any atom is 0.0474 e. The maximum atomic E-state index is 6.40. The second-order valence-electron chi connectivity index (χ2n) is 5.20. The summed E-state index contributed by atoms with van der Waals surface area (Å²) in [6, 6.07) is 14.9. The normalized spacial score (nSPS) is 12.2. The molecule has 0 spiro atoms. The molecule has 0 aliphatic rings. The van der Waals surface area contributed by atoms with E-state index < -0.39 is 0 Å². The van der Waals surface area contributed by atoms with E-state index in [-0.39, 0.29) is 6.04 Å². The molecule has 0 fully saturated rings. The molecule has 0 saturated carbocycles. The molecular weight excluding hydrogens is 348 g/mol. The fourth-order valence-corrected chi connectivity index (χ4v) is 2.82. The molecule has 112 valence electrons. The third-order valence-electron chi connectivity index (χ3n) is 3.66. The van der Waals surface area contributed by atoms with Crippen LogP contribution in [0.3, 0.4) is 0 Å². The van der Waals surface area contributed by atoms with Gasteiger partial charge in [0, 0.05) is 34.8 Å². The van der Waals surface area contributed by atoms with Gasteiger partial charge in [-0.25, -0.2) is 0 Å². The topological polar surface area (TPSA) is 15.3 Å². The van der Waals surface area contributed by atoms with Crippen LogP contribution < -0.4 is 10.2 Å². The van der Waals surface area contributed by atoms with Crippen molar-refractivity contribution in [1.82, 2.24) is 5.32 Å². The van der Waals surface area contributed by atoms with E-state index in [2.05, 4.69) is 76.5 Å². The molecule has 21 heavy (non-hydrogen) atoms. The lowest BCUT2D eigenvalue weighted by molar-refractivity contribution is 0.652. The summed E-state index contributed by atoms with van der Waals surface area (Å²) in [6.07, 6.45) is 0. The Balaban J connectivity index is 2.14. The fourth-order valence-electron chi connectivity index (χ4n) is 2.22. The minimum Gasteiger partial charge on any atom is -0.370 e. The molecule has 1 N–H and O–H groups in total. The molecule has 0 heterocycles.